The molecule has 0 atom stereocenters. The van der Waals surface area contributed by atoms with Crippen molar-refractivity contribution in [2.24, 2.45) is 7.05 Å². The first-order valence-electron chi connectivity index (χ1n) is 6.42. The molecule has 106 valence electrons. The van der Waals surface area contributed by atoms with Gasteiger partial charge in [0.15, 0.2) is 0 Å². The van der Waals surface area contributed by atoms with Gasteiger partial charge in [0.05, 0.1) is 28.6 Å². The number of ether oxygens (including phenoxy) is 1. The van der Waals surface area contributed by atoms with Crippen molar-refractivity contribution < 1.29 is 4.74 Å². The summed E-state index contributed by atoms with van der Waals surface area (Å²) in [5.74, 6) is 1.07. The van der Waals surface area contributed by atoms with Gasteiger partial charge in [-0.1, -0.05) is 29.8 Å². The number of benzene rings is 2. The van der Waals surface area contributed by atoms with Crippen LogP contribution in [0.1, 0.15) is 0 Å². The van der Waals surface area contributed by atoms with Gasteiger partial charge in [0, 0.05) is 7.05 Å². The lowest BCUT2D eigenvalue weighted by Gasteiger charge is -2.13. The predicted octanol–water partition coefficient (Wildman–Crippen LogP) is 3.26. The number of rotatable bonds is 2. The van der Waals surface area contributed by atoms with Crippen molar-refractivity contribution in [2.45, 2.75) is 0 Å². The Balaban J connectivity index is 2.42. The number of nitrogens with zero attached hydrogens (tertiary/aromatic N) is 2. The van der Waals surface area contributed by atoms with E-state index in [-0.39, 0.29) is 5.56 Å². The third kappa shape index (κ3) is 2.17. The summed E-state index contributed by atoms with van der Waals surface area (Å²) < 4.78 is 6.84. The molecule has 0 N–H and O–H groups in total. The molecule has 0 amide bonds. The average Bonchev–Trinajstić information content (AvgIpc) is 2.51. The summed E-state index contributed by atoms with van der Waals surface area (Å²) in [6, 6.07) is 12.6. The molecule has 21 heavy (non-hydrogen) atoms. The quantitative estimate of drug-likeness (QED) is 0.729. The summed E-state index contributed by atoms with van der Waals surface area (Å²) in [6.45, 7) is 0. The van der Waals surface area contributed by atoms with Gasteiger partial charge in [0.1, 0.15) is 11.6 Å². The van der Waals surface area contributed by atoms with E-state index in [1.165, 1.54) is 4.57 Å². The van der Waals surface area contributed by atoms with E-state index in [2.05, 4.69) is 4.98 Å². The molecule has 0 spiro atoms. The van der Waals surface area contributed by atoms with Crippen LogP contribution < -0.4 is 10.3 Å². The molecule has 0 bridgehead atoms. The molecule has 3 rings (SSSR count). The molecule has 3 aromatic rings. The van der Waals surface area contributed by atoms with Crippen molar-refractivity contribution in [3.8, 4) is 17.1 Å². The van der Waals surface area contributed by atoms with Gasteiger partial charge in [-0.3, -0.25) is 9.36 Å². The zero-order chi connectivity index (χ0) is 15.0. The Labute approximate surface area is 126 Å². The van der Waals surface area contributed by atoms with Crippen LogP contribution >= 0.6 is 11.6 Å². The van der Waals surface area contributed by atoms with E-state index in [1.54, 1.807) is 38.4 Å². The molecule has 0 aliphatic heterocycles. The number of aromatic nitrogens is 2. The fourth-order valence-corrected chi connectivity index (χ4v) is 2.58. The lowest BCUT2D eigenvalue weighted by atomic mass is 10.1. The van der Waals surface area contributed by atoms with Gasteiger partial charge in [0.25, 0.3) is 5.56 Å². The number of fused-ring (bicyclic) bond motifs is 1. The Hall–Kier alpha value is -2.33. The first kappa shape index (κ1) is 13.6. The maximum Gasteiger partial charge on any atom is 0.261 e. The second kappa shape index (κ2) is 5.22. The third-order valence-electron chi connectivity index (χ3n) is 3.40. The molecule has 4 nitrogen and oxygen atoms in total. The van der Waals surface area contributed by atoms with Gasteiger partial charge >= 0.3 is 0 Å². The molecule has 1 aromatic heterocycles. The number of para-hydroxylation sites is 1. The van der Waals surface area contributed by atoms with Gasteiger partial charge in [0.2, 0.25) is 0 Å². The first-order chi connectivity index (χ1) is 10.1. The zero-order valence-electron chi connectivity index (χ0n) is 11.6. The van der Waals surface area contributed by atoms with Crippen molar-refractivity contribution in [2.75, 3.05) is 7.11 Å². The number of methoxy groups -OCH3 is 1. The van der Waals surface area contributed by atoms with Gasteiger partial charge in [-0.05, 0) is 24.3 Å². The smallest absolute Gasteiger partial charge is 0.261 e. The summed E-state index contributed by atoms with van der Waals surface area (Å²) >= 11 is 6.28. The van der Waals surface area contributed by atoms with Crippen molar-refractivity contribution in [1.82, 2.24) is 9.55 Å². The van der Waals surface area contributed by atoms with E-state index >= 15 is 0 Å². The highest BCUT2D eigenvalue weighted by Gasteiger charge is 2.16. The van der Waals surface area contributed by atoms with E-state index in [0.717, 1.165) is 0 Å². The lowest BCUT2D eigenvalue weighted by Crippen LogP contribution is -2.20. The molecular weight excluding hydrogens is 288 g/mol. The summed E-state index contributed by atoms with van der Waals surface area (Å²) in [4.78, 5) is 17.0. The second-order valence-electron chi connectivity index (χ2n) is 4.63. The van der Waals surface area contributed by atoms with Crippen molar-refractivity contribution >= 4 is 22.5 Å². The lowest BCUT2D eigenvalue weighted by molar-refractivity contribution is 0.416. The summed E-state index contributed by atoms with van der Waals surface area (Å²) in [7, 11) is 3.24. The van der Waals surface area contributed by atoms with Crippen LogP contribution in [0.5, 0.6) is 5.75 Å². The monoisotopic (exact) mass is 300 g/mol. The molecular formula is C16H13ClN2O2. The number of halogens is 1. The predicted molar refractivity (Wildman–Crippen MR) is 84.0 cm³/mol. The summed E-state index contributed by atoms with van der Waals surface area (Å²) in [5.41, 5.74) is 1.14. The summed E-state index contributed by atoms with van der Waals surface area (Å²) in [5, 5.41) is 1.07. The molecule has 0 fully saturated rings. The van der Waals surface area contributed by atoms with Gasteiger partial charge in [-0.15, -0.1) is 0 Å². The Morgan fingerprint density at radius 1 is 1.14 bits per heavy atom. The summed E-state index contributed by atoms with van der Waals surface area (Å²) in [6.07, 6.45) is 0. The highest BCUT2D eigenvalue weighted by atomic mass is 35.5. The largest absolute Gasteiger partial charge is 0.496 e. The van der Waals surface area contributed by atoms with E-state index in [1.807, 2.05) is 18.2 Å². The molecule has 0 saturated heterocycles. The van der Waals surface area contributed by atoms with Gasteiger partial charge < -0.3 is 4.74 Å². The first-order valence-corrected chi connectivity index (χ1v) is 6.80. The van der Waals surface area contributed by atoms with Crippen LogP contribution in [-0.2, 0) is 7.05 Å². The van der Waals surface area contributed by atoms with Crippen LogP contribution in [0.15, 0.2) is 47.3 Å². The Morgan fingerprint density at radius 2 is 1.90 bits per heavy atom. The highest BCUT2D eigenvalue weighted by molar-refractivity contribution is 6.33. The molecule has 1 heterocycles. The molecule has 2 aromatic carbocycles. The van der Waals surface area contributed by atoms with Crippen LogP contribution in [0.25, 0.3) is 22.3 Å². The number of hydrogen-bond acceptors (Lipinski definition) is 3. The molecule has 0 aliphatic carbocycles. The maximum absolute atomic E-state index is 12.5. The van der Waals surface area contributed by atoms with Crippen molar-refractivity contribution in [3.63, 3.8) is 0 Å². The van der Waals surface area contributed by atoms with Gasteiger partial charge in [-0.25, -0.2) is 4.98 Å². The van der Waals surface area contributed by atoms with Crippen LogP contribution in [0.2, 0.25) is 5.02 Å². The second-order valence-corrected chi connectivity index (χ2v) is 5.04. The molecule has 0 saturated carbocycles. The fourth-order valence-electron chi connectivity index (χ4n) is 2.33. The standard InChI is InChI=1S/C16H13ClN2O2/c1-19-15(14-11(17)7-5-9-13(14)21-2)18-12-8-4-3-6-10(12)16(19)20/h3-9H,1-2H3. The maximum atomic E-state index is 12.5. The minimum Gasteiger partial charge on any atom is -0.496 e. The highest BCUT2D eigenvalue weighted by Crippen LogP contribution is 2.34. The number of hydrogen-bond donors (Lipinski definition) is 0. The molecule has 0 aliphatic rings. The van der Waals surface area contributed by atoms with E-state index in [0.29, 0.717) is 33.1 Å². The van der Waals surface area contributed by atoms with E-state index in [4.69, 9.17) is 16.3 Å². The van der Waals surface area contributed by atoms with E-state index < -0.39 is 0 Å². The Morgan fingerprint density at radius 3 is 2.67 bits per heavy atom. The van der Waals surface area contributed by atoms with E-state index in [9.17, 15) is 4.79 Å². The SMILES string of the molecule is COc1cccc(Cl)c1-c1nc2ccccc2c(=O)n1C. The van der Waals surface area contributed by atoms with Crippen LogP contribution in [0, 0.1) is 0 Å². The van der Waals surface area contributed by atoms with Crippen LogP contribution in [-0.4, -0.2) is 16.7 Å². The normalized spacial score (nSPS) is 10.8. The fraction of sp³-hybridized carbons (Fsp3) is 0.125. The van der Waals surface area contributed by atoms with Crippen molar-refractivity contribution in [3.05, 3.63) is 57.8 Å². The topological polar surface area (TPSA) is 44.1 Å². The Kier molecular flexibility index (Phi) is 3.39. The minimum atomic E-state index is -0.113. The Bertz CT molecular complexity index is 887. The zero-order valence-corrected chi connectivity index (χ0v) is 12.4. The minimum absolute atomic E-state index is 0.113. The van der Waals surface area contributed by atoms with Crippen molar-refractivity contribution in [1.29, 1.82) is 0 Å². The van der Waals surface area contributed by atoms with Crippen LogP contribution in [0.3, 0.4) is 0 Å². The molecule has 0 radical (unpaired) electrons. The molecule has 5 heteroatoms. The van der Waals surface area contributed by atoms with Gasteiger partial charge in [-0.2, -0.15) is 0 Å². The average molecular weight is 301 g/mol. The molecule has 0 unspecified atom stereocenters. The third-order valence-corrected chi connectivity index (χ3v) is 3.72. The van der Waals surface area contributed by atoms with Crippen LogP contribution in [0.4, 0.5) is 0 Å².